The SMILES string of the molecule is CCN(CCCOc1ccc(F)cc1)Cc1nc2cc(OC)c(OC)cc2c(=O)[nH]1. The van der Waals surface area contributed by atoms with E-state index in [2.05, 4.69) is 14.9 Å². The smallest absolute Gasteiger partial charge is 0.258 e. The molecule has 0 aliphatic heterocycles. The highest BCUT2D eigenvalue weighted by Crippen LogP contribution is 2.29. The fraction of sp³-hybridized carbons (Fsp3) is 0.364. The summed E-state index contributed by atoms with van der Waals surface area (Å²) in [6.45, 7) is 4.64. The van der Waals surface area contributed by atoms with E-state index in [-0.39, 0.29) is 11.4 Å². The van der Waals surface area contributed by atoms with Crippen LogP contribution in [0.4, 0.5) is 4.39 Å². The second-order valence-corrected chi connectivity index (χ2v) is 6.76. The minimum Gasteiger partial charge on any atom is -0.494 e. The van der Waals surface area contributed by atoms with Gasteiger partial charge in [0, 0.05) is 12.6 Å². The largest absolute Gasteiger partial charge is 0.494 e. The van der Waals surface area contributed by atoms with Gasteiger partial charge in [-0.05, 0) is 43.3 Å². The number of halogens is 1. The van der Waals surface area contributed by atoms with Crippen molar-refractivity contribution >= 4 is 10.9 Å². The predicted octanol–water partition coefficient (Wildman–Crippen LogP) is 3.37. The molecule has 1 N–H and O–H groups in total. The molecule has 1 heterocycles. The lowest BCUT2D eigenvalue weighted by molar-refractivity contribution is 0.232. The number of aromatic amines is 1. The molecule has 0 amide bonds. The van der Waals surface area contributed by atoms with Gasteiger partial charge in [0.05, 0.1) is 38.3 Å². The maximum absolute atomic E-state index is 12.9. The number of methoxy groups -OCH3 is 2. The Balaban J connectivity index is 1.64. The second-order valence-electron chi connectivity index (χ2n) is 6.76. The number of fused-ring (bicyclic) bond motifs is 1. The summed E-state index contributed by atoms with van der Waals surface area (Å²) in [5.41, 5.74) is 0.341. The first-order valence-electron chi connectivity index (χ1n) is 9.79. The normalized spacial score (nSPS) is 11.1. The number of hydrogen-bond donors (Lipinski definition) is 1. The third-order valence-electron chi connectivity index (χ3n) is 4.78. The molecule has 0 radical (unpaired) electrons. The first kappa shape index (κ1) is 21.6. The van der Waals surface area contributed by atoms with Crippen LogP contribution in [-0.4, -0.2) is 48.8 Å². The lowest BCUT2D eigenvalue weighted by Gasteiger charge is -2.20. The molecule has 0 aliphatic carbocycles. The number of H-pyrrole nitrogens is 1. The van der Waals surface area contributed by atoms with Crippen LogP contribution in [0.1, 0.15) is 19.2 Å². The zero-order valence-corrected chi connectivity index (χ0v) is 17.4. The van der Waals surface area contributed by atoms with Crippen molar-refractivity contribution in [3.63, 3.8) is 0 Å². The van der Waals surface area contributed by atoms with Gasteiger partial charge in [-0.15, -0.1) is 0 Å². The highest BCUT2D eigenvalue weighted by molar-refractivity contribution is 5.81. The number of benzene rings is 2. The van der Waals surface area contributed by atoms with Crippen molar-refractivity contribution in [1.82, 2.24) is 14.9 Å². The van der Waals surface area contributed by atoms with E-state index in [1.165, 1.54) is 19.2 Å². The average molecular weight is 415 g/mol. The fourth-order valence-corrected chi connectivity index (χ4v) is 3.16. The summed E-state index contributed by atoms with van der Waals surface area (Å²) in [7, 11) is 3.07. The minimum absolute atomic E-state index is 0.216. The van der Waals surface area contributed by atoms with Crippen molar-refractivity contribution in [3.8, 4) is 17.2 Å². The van der Waals surface area contributed by atoms with Gasteiger partial charge in [-0.1, -0.05) is 6.92 Å². The van der Waals surface area contributed by atoms with Crippen LogP contribution in [0.15, 0.2) is 41.2 Å². The van der Waals surface area contributed by atoms with Gasteiger partial charge in [0.15, 0.2) is 11.5 Å². The molecule has 3 aromatic rings. The fourth-order valence-electron chi connectivity index (χ4n) is 3.16. The molecule has 7 nitrogen and oxygen atoms in total. The molecule has 1 aromatic heterocycles. The summed E-state index contributed by atoms with van der Waals surface area (Å²) in [6.07, 6.45) is 0.786. The Morgan fingerprint density at radius 1 is 1.10 bits per heavy atom. The van der Waals surface area contributed by atoms with Crippen molar-refractivity contribution < 1.29 is 18.6 Å². The van der Waals surface area contributed by atoms with E-state index in [0.717, 1.165) is 19.5 Å². The molecule has 160 valence electrons. The maximum Gasteiger partial charge on any atom is 0.258 e. The molecule has 0 aliphatic rings. The summed E-state index contributed by atoms with van der Waals surface area (Å²) >= 11 is 0. The van der Waals surface area contributed by atoms with Crippen LogP contribution < -0.4 is 19.8 Å². The Morgan fingerprint density at radius 3 is 2.47 bits per heavy atom. The van der Waals surface area contributed by atoms with Gasteiger partial charge >= 0.3 is 0 Å². The predicted molar refractivity (Wildman–Crippen MR) is 113 cm³/mol. The lowest BCUT2D eigenvalue weighted by Crippen LogP contribution is -2.27. The number of aromatic nitrogens is 2. The number of ether oxygens (including phenoxy) is 3. The number of hydrogen-bond acceptors (Lipinski definition) is 6. The summed E-state index contributed by atoms with van der Waals surface area (Å²) < 4.78 is 29.1. The summed E-state index contributed by atoms with van der Waals surface area (Å²) in [5, 5.41) is 0.451. The van der Waals surface area contributed by atoms with Gasteiger partial charge in [0.25, 0.3) is 5.56 Å². The third kappa shape index (κ3) is 5.27. The van der Waals surface area contributed by atoms with E-state index < -0.39 is 0 Å². The van der Waals surface area contributed by atoms with Gasteiger partial charge < -0.3 is 19.2 Å². The monoisotopic (exact) mass is 415 g/mol. The van der Waals surface area contributed by atoms with Crippen LogP contribution in [0, 0.1) is 5.82 Å². The van der Waals surface area contributed by atoms with Gasteiger partial charge in [-0.25, -0.2) is 9.37 Å². The Bertz CT molecular complexity index is 1040. The van der Waals surface area contributed by atoms with Gasteiger partial charge in [0.1, 0.15) is 17.4 Å². The summed E-state index contributed by atoms with van der Waals surface area (Å²) in [5.74, 6) is 1.96. The quantitative estimate of drug-likeness (QED) is 0.512. The molecule has 30 heavy (non-hydrogen) atoms. The first-order chi connectivity index (χ1) is 14.5. The van der Waals surface area contributed by atoms with Crippen LogP contribution in [0.3, 0.4) is 0 Å². The van der Waals surface area contributed by atoms with Crippen LogP contribution in [0.25, 0.3) is 10.9 Å². The van der Waals surface area contributed by atoms with Crippen LogP contribution in [0.5, 0.6) is 17.2 Å². The number of nitrogens with one attached hydrogen (secondary N) is 1. The van der Waals surface area contributed by atoms with E-state index in [1.807, 2.05) is 6.92 Å². The number of nitrogens with zero attached hydrogens (tertiary/aromatic N) is 2. The Kier molecular flexibility index (Phi) is 7.24. The lowest BCUT2D eigenvalue weighted by atomic mass is 10.2. The zero-order chi connectivity index (χ0) is 21.5. The van der Waals surface area contributed by atoms with E-state index in [0.29, 0.717) is 47.1 Å². The molecule has 0 saturated heterocycles. The second kappa shape index (κ2) is 10.1. The van der Waals surface area contributed by atoms with Crippen LogP contribution in [0.2, 0.25) is 0 Å². The zero-order valence-electron chi connectivity index (χ0n) is 17.4. The molecule has 0 saturated carbocycles. The topological polar surface area (TPSA) is 76.7 Å². The molecule has 0 spiro atoms. The highest BCUT2D eigenvalue weighted by Gasteiger charge is 2.12. The molecule has 2 aromatic carbocycles. The van der Waals surface area contributed by atoms with E-state index in [4.69, 9.17) is 14.2 Å². The molecular weight excluding hydrogens is 389 g/mol. The van der Waals surface area contributed by atoms with Gasteiger partial charge in [-0.3, -0.25) is 9.69 Å². The maximum atomic E-state index is 12.9. The molecule has 0 fully saturated rings. The van der Waals surface area contributed by atoms with Crippen molar-refractivity contribution in [2.75, 3.05) is 33.9 Å². The Hall–Kier alpha value is -3.13. The summed E-state index contributed by atoms with van der Waals surface area (Å²) in [4.78, 5) is 22.1. The molecule has 0 unspecified atom stereocenters. The Labute approximate surface area is 174 Å². The van der Waals surface area contributed by atoms with E-state index in [9.17, 15) is 9.18 Å². The standard InChI is InChI=1S/C22H26FN3O4/c1-4-26(10-5-11-30-16-8-6-15(23)7-9-16)14-21-24-18-13-20(29-3)19(28-2)12-17(18)22(27)25-21/h6-9,12-13H,4-5,10-11,14H2,1-3H3,(H,24,25,27). The first-order valence-corrected chi connectivity index (χ1v) is 9.79. The molecule has 0 bridgehead atoms. The molecule has 3 rings (SSSR count). The summed E-state index contributed by atoms with van der Waals surface area (Å²) in [6, 6.07) is 9.31. The van der Waals surface area contributed by atoms with Crippen molar-refractivity contribution in [2.24, 2.45) is 0 Å². The third-order valence-corrected chi connectivity index (χ3v) is 4.78. The van der Waals surface area contributed by atoms with Crippen LogP contribution in [-0.2, 0) is 6.54 Å². The number of rotatable bonds is 10. The molecular formula is C22H26FN3O4. The van der Waals surface area contributed by atoms with E-state index in [1.54, 1.807) is 31.4 Å². The molecule has 8 heteroatoms. The van der Waals surface area contributed by atoms with E-state index >= 15 is 0 Å². The average Bonchev–Trinajstić information content (AvgIpc) is 2.76. The highest BCUT2D eigenvalue weighted by atomic mass is 19.1. The molecule has 0 atom stereocenters. The van der Waals surface area contributed by atoms with Gasteiger partial charge in [0.2, 0.25) is 0 Å². The van der Waals surface area contributed by atoms with Gasteiger partial charge in [-0.2, -0.15) is 0 Å². The van der Waals surface area contributed by atoms with Crippen LogP contribution >= 0.6 is 0 Å². The van der Waals surface area contributed by atoms with Crippen molar-refractivity contribution in [1.29, 1.82) is 0 Å². The Morgan fingerprint density at radius 2 is 1.80 bits per heavy atom. The van der Waals surface area contributed by atoms with Crippen molar-refractivity contribution in [2.45, 2.75) is 19.9 Å². The minimum atomic E-state index is -0.285. The van der Waals surface area contributed by atoms with Crippen molar-refractivity contribution in [3.05, 3.63) is 58.4 Å².